The summed E-state index contributed by atoms with van der Waals surface area (Å²) < 4.78 is 11.6. The van der Waals surface area contributed by atoms with Gasteiger partial charge in [-0.2, -0.15) is 0 Å². The molecule has 0 atom stereocenters. The molecule has 0 fully saturated rings. The van der Waals surface area contributed by atoms with Crippen LogP contribution in [0, 0.1) is 6.92 Å². The smallest absolute Gasteiger partial charge is 0.287 e. The second-order valence-corrected chi connectivity index (χ2v) is 7.98. The minimum Gasteiger partial charge on any atom is -0.451 e. The minimum absolute atomic E-state index is 0.258. The summed E-state index contributed by atoms with van der Waals surface area (Å²) >= 11 is 5.92. The minimum atomic E-state index is -0.274. The van der Waals surface area contributed by atoms with E-state index in [9.17, 15) is 4.79 Å². The summed E-state index contributed by atoms with van der Waals surface area (Å²) in [6.45, 7) is 2.40. The molecule has 0 aliphatic carbocycles. The second kappa shape index (κ2) is 8.36. The van der Waals surface area contributed by atoms with Gasteiger partial charge in [-0.1, -0.05) is 29.8 Å². The molecule has 3 aromatic carbocycles. The van der Waals surface area contributed by atoms with Crippen molar-refractivity contribution in [3.8, 4) is 22.8 Å². The molecule has 1 N–H and O–H groups in total. The molecule has 32 heavy (non-hydrogen) atoms. The van der Waals surface area contributed by atoms with Crippen LogP contribution in [-0.2, 0) is 6.54 Å². The normalized spacial score (nSPS) is 11.1. The molecule has 0 spiro atoms. The predicted molar refractivity (Wildman–Crippen MR) is 125 cm³/mol. The number of carbonyl (C=O) groups is 1. The molecule has 5 aromatic rings. The zero-order chi connectivity index (χ0) is 22.1. The Morgan fingerprint density at radius 3 is 2.44 bits per heavy atom. The highest BCUT2D eigenvalue weighted by molar-refractivity contribution is 6.30. The van der Waals surface area contributed by atoms with Gasteiger partial charge in [-0.3, -0.25) is 4.79 Å². The van der Waals surface area contributed by atoms with Gasteiger partial charge in [0.05, 0.1) is 0 Å². The number of rotatable bonds is 5. The number of aromatic nitrogens is 1. The summed E-state index contributed by atoms with van der Waals surface area (Å²) in [5.41, 5.74) is 5.43. The Labute approximate surface area is 189 Å². The van der Waals surface area contributed by atoms with E-state index in [-0.39, 0.29) is 11.7 Å². The van der Waals surface area contributed by atoms with Crippen molar-refractivity contribution in [2.24, 2.45) is 0 Å². The number of aryl methyl sites for hydroxylation is 1. The molecule has 2 aromatic heterocycles. The van der Waals surface area contributed by atoms with E-state index < -0.39 is 0 Å². The first-order chi connectivity index (χ1) is 15.5. The van der Waals surface area contributed by atoms with E-state index in [1.54, 1.807) is 24.3 Å². The fourth-order valence-electron chi connectivity index (χ4n) is 3.42. The fourth-order valence-corrected chi connectivity index (χ4v) is 3.55. The maximum Gasteiger partial charge on any atom is 0.287 e. The van der Waals surface area contributed by atoms with Crippen molar-refractivity contribution in [2.45, 2.75) is 13.5 Å². The van der Waals surface area contributed by atoms with Crippen LogP contribution >= 0.6 is 11.6 Å². The van der Waals surface area contributed by atoms with Crippen molar-refractivity contribution in [1.82, 2.24) is 10.3 Å². The van der Waals surface area contributed by atoms with Gasteiger partial charge in [0, 0.05) is 22.7 Å². The van der Waals surface area contributed by atoms with Crippen molar-refractivity contribution in [1.29, 1.82) is 0 Å². The number of nitrogens with zero attached hydrogens (tertiary/aromatic N) is 1. The summed E-state index contributed by atoms with van der Waals surface area (Å²) in [6.07, 6.45) is 0. The Bertz CT molecular complexity index is 1400. The maximum absolute atomic E-state index is 12.5. The first-order valence-electron chi connectivity index (χ1n) is 10.2. The van der Waals surface area contributed by atoms with Crippen LogP contribution in [0.3, 0.4) is 0 Å². The molecule has 5 nitrogen and oxygen atoms in total. The number of hydrogen-bond donors (Lipinski definition) is 1. The molecule has 0 bridgehead atoms. The van der Waals surface area contributed by atoms with Crippen molar-refractivity contribution < 1.29 is 13.6 Å². The molecule has 0 aliphatic heterocycles. The van der Waals surface area contributed by atoms with E-state index in [0.717, 1.165) is 33.4 Å². The van der Waals surface area contributed by atoms with Crippen LogP contribution in [0.2, 0.25) is 5.02 Å². The summed E-state index contributed by atoms with van der Waals surface area (Å²) in [7, 11) is 0. The molecule has 158 valence electrons. The highest BCUT2D eigenvalue weighted by Gasteiger charge is 2.13. The van der Waals surface area contributed by atoms with Gasteiger partial charge in [-0.15, -0.1) is 0 Å². The molecule has 0 saturated heterocycles. The molecule has 0 unspecified atom stereocenters. The van der Waals surface area contributed by atoms with E-state index in [1.165, 1.54) is 0 Å². The molecule has 1 amide bonds. The second-order valence-electron chi connectivity index (χ2n) is 7.54. The van der Waals surface area contributed by atoms with Crippen LogP contribution in [0.5, 0.6) is 0 Å². The van der Waals surface area contributed by atoms with Crippen LogP contribution in [0.15, 0.2) is 87.7 Å². The number of hydrogen-bond acceptors (Lipinski definition) is 4. The van der Waals surface area contributed by atoms with Crippen molar-refractivity contribution in [3.63, 3.8) is 0 Å². The van der Waals surface area contributed by atoms with Gasteiger partial charge < -0.3 is 14.2 Å². The molecule has 0 aliphatic rings. The summed E-state index contributed by atoms with van der Waals surface area (Å²) in [4.78, 5) is 17.0. The molecule has 0 saturated carbocycles. The molecule has 6 heteroatoms. The Morgan fingerprint density at radius 1 is 0.906 bits per heavy atom. The van der Waals surface area contributed by atoms with Crippen LogP contribution in [-0.4, -0.2) is 10.9 Å². The monoisotopic (exact) mass is 442 g/mol. The quantitative estimate of drug-likeness (QED) is 0.331. The van der Waals surface area contributed by atoms with Crippen molar-refractivity contribution in [3.05, 3.63) is 101 Å². The number of carbonyl (C=O) groups excluding carboxylic acids is 1. The third-order valence-corrected chi connectivity index (χ3v) is 5.41. The number of oxazole rings is 1. The van der Waals surface area contributed by atoms with Gasteiger partial charge in [0.15, 0.2) is 11.3 Å². The highest BCUT2D eigenvalue weighted by atomic mass is 35.5. The summed E-state index contributed by atoms with van der Waals surface area (Å²) in [5.74, 6) is 1.17. The number of benzene rings is 3. The standard InChI is InChI=1S/C26H19ClN2O3/c1-16-2-11-21-24(14-16)32-26(29-21)19-5-3-17(4-6-19)15-28-25(30)23-13-12-22(31-23)18-7-9-20(27)10-8-18/h2-14H,15H2,1H3,(H,28,30). The van der Waals surface area contributed by atoms with E-state index in [1.807, 2.05) is 61.5 Å². The van der Waals surface area contributed by atoms with E-state index in [4.69, 9.17) is 20.4 Å². The number of amides is 1. The third kappa shape index (κ3) is 4.15. The predicted octanol–water partition coefficient (Wildman–Crippen LogP) is 6.65. The number of halogens is 1. The maximum atomic E-state index is 12.5. The third-order valence-electron chi connectivity index (χ3n) is 5.16. The topological polar surface area (TPSA) is 68.3 Å². The van der Waals surface area contributed by atoms with Gasteiger partial charge >= 0.3 is 0 Å². The van der Waals surface area contributed by atoms with Crippen molar-refractivity contribution in [2.75, 3.05) is 0 Å². The summed E-state index contributed by atoms with van der Waals surface area (Å²) in [6, 6.07) is 24.4. The highest BCUT2D eigenvalue weighted by Crippen LogP contribution is 2.26. The first kappa shape index (κ1) is 20.1. The largest absolute Gasteiger partial charge is 0.451 e. The molecular weight excluding hydrogens is 424 g/mol. The lowest BCUT2D eigenvalue weighted by Crippen LogP contribution is -2.22. The number of fused-ring (bicyclic) bond motifs is 1. The fraction of sp³-hybridized carbons (Fsp3) is 0.0769. The van der Waals surface area contributed by atoms with Gasteiger partial charge in [-0.05, 0) is 78.7 Å². The van der Waals surface area contributed by atoms with Crippen LogP contribution in [0.4, 0.5) is 0 Å². The first-order valence-corrected chi connectivity index (χ1v) is 10.5. The zero-order valence-corrected chi connectivity index (χ0v) is 18.0. The van der Waals surface area contributed by atoms with Crippen LogP contribution < -0.4 is 5.32 Å². The number of nitrogens with one attached hydrogen (secondary N) is 1. The Balaban J connectivity index is 1.24. The van der Waals surface area contributed by atoms with E-state index in [0.29, 0.717) is 23.2 Å². The average Bonchev–Trinajstić information content (AvgIpc) is 3.46. The molecule has 5 rings (SSSR count). The molecule has 2 heterocycles. The Morgan fingerprint density at radius 2 is 1.66 bits per heavy atom. The lowest BCUT2D eigenvalue weighted by molar-refractivity contribution is 0.0924. The zero-order valence-electron chi connectivity index (χ0n) is 17.3. The molecular formula is C26H19ClN2O3. The lowest BCUT2D eigenvalue weighted by Gasteiger charge is -2.04. The lowest BCUT2D eigenvalue weighted by atomic mass is 10.1. The number of furan rings is 1. The van der Waals surface area contributed by atoms with Gasteiger partial charge in [-0.25, -0.2) is 4.98 Å². The van der Waals surface area contributed by atoms with Gasteiger partial charge in [0.25, 0.3) is 5.91 Å². The van der Waals surface area contributed by atoms with Crippen LogP contribution in [0.25, 0.3) is 33.9 Å². The van der Waals surface area contributed by atoms with Gasteiger partial charge in [0.1, 0.15) is 11.3 Å². The summed E-state index contributed by atoms with van der Waals surface area (Å²) in [5, 5.41) is 3.53. The van der Waals surface area contributed by atoms with E-state index >= 15 is 0 Å². The van der Waals surface area contributed by atoms with E-state index in [2.05, 4.69) is 10.3 Å². The Hall–Kier alpha value is -3.83. The SMILES string of the molecule is Cc1ccc2nc(-c3ccc(CNC(=O)c4ccc(-c5ccc(Cl)cc5)o4)cc3)oc2c1. The van der Waals surface area contributed by atoms with Crippen LogP contribution in [0.1, 0.15) is 21.7 Å². The average molecular weight is 443 g/mol. The Kier molecular flexibility index (Phi) is 5.25. The van der Waals surface area contributed by atoms with Gasteiger partial charge in [0.2, 0.25) is 5.89 Å². The molecule has 0 radical (unpaired) electrons. The van der Waals surface area contributed by atoms with Crippen molar-refractivity contribution >= 4 is 28.6 Å².